The van der Waals surface area contributed by atoms with Crippen LogP contribution in [-0.2, 0) is 0 Å². The molecule has 0 spiro atoms. The first-order valence-corrected chi connectivity index (χ1v) is 6.41. The Bertz CT molecular complexity index is 590. The van der Waals surface area contributed by atoms with Crippen LogP contribution in [0.25, 0.3) is 0 Å². The monoisotopic (exact) mass is 337 g/mol. The maximum absolute atomic E-state index is 7.51. The largest absolute Gasteiger partial charge is 0.460 e. The highest BCUT2D eigenvalue weighted by Gasteiger charge is 1.96. The van der Waals surface area contributed by atoms with Gasteiger partial charge in [0.2, 0.25) is 5.96 Å². The Morgan fingerprint density at radius 3 is 2.20 bits per heavy atom. The third-order valence-electron chi connectivity index (χ3n) is 2.09. The minimum Gasteiger partial charge on any atom is -0.460 e. The third kappa shape index (κ3) is 4.39. The molecule has 0 aliphatic carbocycles. The summed E-state index contributed by atoms with van der Waals surface area (Å²) < 4.78 is 11.1. The fourth-order valence-electron chi connectivity index (χ4n) is 1.27. The number of rotatable bonds is 4. The minimum atomic E-state index is -0.0774. The van der Waals surface area contributed by atoms with Gasteiger partial charge in [0.15, 0.2) is 4.67 Å². The number of hydrogen-bond donors (Lipinski definition) is 3. The SMILES string of the molecule is Cc1ccc(/C=N/NC(=N)N/N=C/c2ccc(Br)o2)o1. The van der Waals surface area contributed by atoms with Crippen molar-refractivity contribution in [3.05, 3.63) is 46.2 Å². The molecule has 20 heavy (non-hydrogen) atoms. The maximum atomic E-state index is 7.51. The van der Waals surface area contributed by atoms with E-state index in [9.17, 15) is 0 Å². The van der Waals surface area contributed by atoms with Crippen LogP contribution >= 0.6 is 15.9 Å². The van der Waals surface area contributed by atoms with E-state index in [1.165, 1.54) is 12.4 Å². The summed E-state index contributed by atoms with van der Waals surface area (Å²) >= 11 is 3.18. The highest BCUT2D eigenvalue weighted by Crippen LogP contribution is 2.11. The van der Waals surface area contributed by atoms with E-state index in [2.05, 4.69) is 37.0 Å². The lowest BCUT2D eigenvalue weighted by atomic mass is 10.4. The van der Waals surface area contributed by atoms with E-state index in [0.29, 0.717) is 16.2 Å². The molecule has 0 atom stereocenters. The topological polar surface area (TPSA) is 98.9 Å². The van der Waals surface area contributed by atoms with Gasteiger partial charge in [0.05, 0.1) is 12.4 Å². The van der Waals surface area contributed by atoms with E-state index >= 15 is 0 Å². The first kappa shape index (κ1) is 14.1. The van der Waals surface area contributed by atoms with Gasteiger partial charge < -0.3 is 8.83 Å². The van der Waals surface area contributed by atoms with Crippen molar-refractivity contribution >= 4 is 34.3 Å². The second kappa shape index (κ2) is 6.71. The lowest BCUT2D eigenvalue weighted by Crippen LogP contribution is -2.29. The molecule has 2 aromatic rings. The average molecular weight is 338 g/mol. The van der Waals surface area contributed by atoms with Crippen molar-refractivity contribution in [1.82, 2.24) is 10.9 Å². The molecule has 8 heteroatoms. The molecule has 0 saturated carbocycles. The van der Waals surface area contributed by atoms with Crippen LogP contribution in [0.5, 0.6) is 0 Å². The molecule has 2 aromatic heterocycles. The number of nitrogens with zero attached hydrogens (tertiary/aromatic N) is 2. The number of furan rings is 2. The highest BCUT2D eigenvalue weighted by atomic mass is 79.9. The molecule has 2 heterocycles. The van der Waals surface area contributed by atoms with Crippen molar-refractivity contribution in [2.75, 3.05) is 0 Å². The quantitative estimate of drug-likeness (QED) is 0.453. The molecule has 0 amide bonds. The lowest BCUT2D eigenvalue weighted by Gasteiger charge is -1.99. The summed E-state index contributed by atoms with van der Waals surface area (Å²) in [5, 5.41) is 15.1. The summed E-state index contributed by atoms with van der Waals surface area (Å²) in [6.07, 6.45) is 2.91. The van der Waals surface area contributed by atoms with Crippen molar-refractivity contribution in [2.45, 2.75) is 6.92 Å². The Morgan fingerprint density at radius 1 is 1.10 bits per heavy atom. The summed E-state index contributed by atoms with van der Waals surface area (Å²) in [6, 6.07) is 7.10. The zero-order valence-electron chi connectivity index (χ0n) is 10.6. The van der Waals surface area contributed by atoms with Crippen molar-refractivity contribution < 1.29 is 8.83 Å². The maximum Gasteiger partial charge on any atom is 0.230 e. The van der Waals surface area contributed by atoms with E-state index in [4.69, 9.17) is 14.2 Å². The molecule has 0 unspecified atom stereocenters. The van der Waals surface area contributed by atoms with E-state index in [1.807, 2.05) is 13.0 Å². The molecule has 0 fully saturated rings. The van der Waals surface area contributed by atoms with Gasteiger partial charge in [0, 0.05) is 0 Å². The number of hydrogen-bond acceptors (Lipinski definition) is 5. The molecule has 2 rings (SSSR count). The normalized spacial score (nSPS) is 11.3. The Morgan fingerprint density at radius 2 is 1.70 bits per heavy atom. The predicted molar refractivity (Wildman–Crippen MR) is 79.0 cm³/mol. The molecule has 0 bridgehead atoms. The fraction of sp³-hybridized carbons (Fsp3) is 0.0833. The first-order chi connectivity index (χ1) is 9.63. The van der Waals surface area contributed by atoms with Crippen LogP contribution in [-0.4, -0.2) is 18.4 Å². The van der Waals surface area contributed by atoms with Crippen LogP contribution in [0.15, 0.2) is 48.0 Å². The van der Waals surface area contributed by atoms with Crippen molar-refractivity contribution in [1.29, 1.82) is 5.41 Å². The van der Waals surface area contributed by atoms with Crippen LogP contribution in [0.3, 0.4) is 0 Å². The van der Waals surface area contributed by atoms with Gasteiger partial charge in [0.1, 0.15) is 17.3 Å². The van der Waals surface area contributed by atoms with Crippen molar-refractivity contribution in [2.24, 2.45) is 10.2 Å². The van der Waals surface area contributed by atoms with Crippen LogP contribution in [0, 0.1) is 12.3 Å². The molecule has 0 radical (unpaired) electrons. The molecule has 0 aliphatic rings. The molecule has 0 saturated heterocycles. The molecular weight excluding hydrogens is 326 g/mol. The number of halogens is 1. The zero-order valence-corrected chi connectivity index (χ0v) is 12.1. The van der Waals surface area contributed by atoms with Crippen molar-refractivity contribution in [3.8, 4) is 0 Å². The summed E-state index contributed by atoms with van der Waals surface area (Å²) in [5.74, 6) is 1.89. The van der Waals surface area contributed by atoms with Crippen LogP contribution in [0.2, 0.25) is 0 Å². The number of guanidine groups is 1. The third-order valence-corrected chi connectivity index (χ3v) is 2.52. The number of hydrazone groups is 2. The van der Waals surface area contributed by atoms with Gasteiger partial charge in [-0.3, -0.25) is 5.41 Å². The number of aryl methyl sites for hydroxylation is 1. The molecular formula is C12H12BrN5O2. The van der Waals surface area contributed by atoms with E-state index in [-0.39, 0.29) is 5.96 Å². The zero-order chi connectivity index (χ0) is 14.4. The van der Waals surface area contributed by atoms with Gasteiger partial charge >= 0.3 is 0 Å². The highest BCUT2D eigenvalue weighted by molar-refractivity contribution is 9.10. The smallest absolute Gasteiger partial charge is 0.230 e. The van der Waals surface area contributed by atoms with Gasteiger partial charge in [-0.1, -0.05) is 0 Å². The summed E-state index contributed by atoms with van der Waals surface area (Å²) in [6.45, 7) is 1.84. The second-order valence-electron chi connectivity index (χ2n) is 3.71. The average Bonchev–Trinajstić information content (AvgIpc) is 2.99. The van der Waals surface area contributed by atoms with Crippen LogP contribution in [0.1, 0.15) is 17.3 Å². The first-order valence-electron chi connectivity index (χ1n) is 5.62. The molecule has 0 aromatic carbocycles. The molecule has 3 N–H and O–H groups in total. The Balaban J connectivity index is 1.75. The van der Waals surface area contributed by atoms with Crippen LogP contribution in [0.4, 0.5) is 0 Å². The molecule has 0 aliphatic heterocycles. The van der Waals surface area contributed by atoms with Gasteiger partial charge in [-0.25, -0.2) is 10.9 Å². The lowest BCUT2D eigenvalue weighted by molar-refractivity contribution is 0.527. The number of nitrogens with one attached hydrogen (secondary N) is 3. The van der Waals surface area contributed by atoms with Gasteiger partial charge in [-0.2, -0.15) is 10.2 Å². The standard InChI is InChI=1S/C12H12BrN5O2/c1-8-2-3-9(19-8)6-15-17-12(14)18-16-7-10-4-5-11(13)20-10/h2-7H,1H3,(H3,14,17,18)/b15-6+,16-7+. The minimum absolute atomic E-state index is 0.0774. The van der Waals surface area contributed by atoms with E-state index in [0.717, 1.165) is 5.76 Å². The summed E-state index contributed by atoms with van der Waals surface area (Å²) in [4.78, 5) is 0. The Kier molecular flexibility index (Phi) is 4.72. The van der Waals surface area contributed by atoms with Gasteiger partial charge in [-0.05, 0) is 47.1 Å². The molecule has 104 valence electrons. The summed E-state index contributed by atoms with van der Waals surface area (Å²) in [7, 11) is 0. The Hall–Kier alpha value is -2.35. The van der Waals surface area contributed by atoms with E-state index < -0.39 is 0 Å². The van der Waals surface area contributed by atoms with Gasteiger partial charge in [-0.15, -0.1) is 0 Å². The van der Waals surface area contributed by atoms with Gasteiger partial charge in [0.25, 0.3) is 0 Å². The predicted octanol–water partition coefficient (Wildman–Crippen LogP) is 2.43. The molecule has 7 nitrogen and oxygen atoms in total. The fourth-order valence-corrected chi connectivity index (χ4v) is 1.59. The van der Waals surface area contributed by atoms with Crippen molar-refractivity contribution in [3.63, 3.8) is 0 Å². The second-order valence-corrected chi connectivity index (χ2v) is 4.49. The van der Waals surface area contributed by atoms with Crippen LogP contribution < -0.4 is 10.9 Å². The Labute approximate surface area is 123 Å². The summed E-state index contributed by atoms with van der Waals surface area (Å²) in [5.41, 5.74) is 4.91. The van der Waals surface area contributed by atoms with E-state index in [1.54, 1.807) is 18.2 Å².